The summed E-state index contributed by atoms with van der Waals surface area (Å²) < 4.78 is 1.67. The highest BCUT2D eigenvalue weighted by Gasteiger charge is 2.01. The van der Waals surface area contributed by atoms with Gasteiger partial charge in [-0.3, -0.25) is 9.36 Å². The second kappa shape index (κ2) is 9.85. The summed E-state index contributed by atoms with van der Waals surface area (Å²) in [4.78, 5) is 14.8. The molecule has 0 amide bonds. The number of aromatic nitrogens is 1. The van der Waals surface area contributed by atoms with Crippen molar-refractivity contribution in [1.29, 1.82) is 0 Å². The number of hydrogen-bond acceptors (Lipinski definition) is 2. The van der Waals surface area contributed by atoms with Gasteiger partial charge in [0, 0.05) is 30.5 Å². The highest BCUT2D eigenvalue weighted by atomic mass is 16.1. The Kier molecular flexibility index (Phi) is 6.99. The van der Waals surface area contributed by atoms with Crippen molar-refractivity contribution in [2.75, 3.05) is 13.6 Å². The molecule has 29 heavy (non-hydrogen) atoms. The van der Waals surface area contributed by atoms with Crippen LogP contribution in [0.5, 0.6) is 0 Å². The molecule has 0 N–H and O–H groups in total. The van der Waals surface area contributed by atoms with Crippen LogP contribution in [0.25, 0.3) is 23.9 Å². The third-order valence-corrected chi connectivity index (χ3v) is 4.97. The van der Waals surface area contributed by atoms with Crippen molar-refractivity contribution in [3.8, 4) is 5.69 Å². The summed E-state index contributed by atoms with van der Waals surface area (Å²) in [6.07, 6.45) is 10.1. The Morgan fingerprint density at radius 2 is 1.52 bits per heavy atom. The molecule has 3 heteroatoms. The summed E-state index contributed by atoms with van der Waals surface area (Å²) in [7, 11) is 2.11. The van der Waals surface area contributed by atoms with E-state index in [-0.39, 0.29) is 5.56 Å². The summed E-state index contributed by atoms with van der Waals surface area (Å²) in [5.74, 6) is 0. The van der Waals surface area contributed by atoms with Gasteiger partial charge in [0.05, 0.1) is 0 Å². The lowest BCUT2D eigenvalue weighted by atomic mass is 10.1. The third-order valence-electron chi connectivity index (χ3n) is 4.97. The van der Waals surface area contributed by atoms with Gasteiger partial charge >= 0.3 is 0 Å². The second-order valence-corrected chi connectivity index (χ2v) is 7.44. The van der Waals surface area contributed by atoms with Crippen LogP contribution in [-0.4, -0.2) is 29.1 Å². The number of rotatable bonds is 7. The first kappa shape index (κ1) is 20.6. The number of likely N-dealkylation sites (N-methyl/N-ethyl adjacent to an activating group) is 1. The molecule has 0 aliphatic carbocycles. The topological polar surface area (TPSA) is 25.2 Å². The van der Waals surface area contributed by atoms with Gasteiger partial charge in [-0.25, -0.2) is 0 Å². The Balaban J connectivity index is 1.70. The van der Waals surface area contributed by atoms with Gasteiger partial charge in [-0.15, -0.1) is 0 Å². The van der Waals surface area contributed by atoms with E-state index in [0.29, 0.717) is 6.04 Å². The smallest absolute Gasteiger partial charge is 0.255 e. The second-order valence-electron chi connectivity index (χ2n) is 7.44. The van der Waals surface area contributed by atoms with Crippen LogP contribution in [0.2, 0.25) is 0 Å². The largest absolute Gasteiger partial charge is 0.300 e. The van der Waals surface area contributed by atoms with Crippen molar-refractivity contribution in [1.82, 2.24) is 9.47 Å². The first-order valence-corrected chi connectivity index (χ1v) is 9.96. The van der Waals surface area contributed by atoms with Gasteiger partial charge in [-0.05, 0) is 55.8 Å². The molecule has 0 aliphatic heterocycles. The van der Waals surface area contributed by atoms with Crippen molar-refractivity contribution in [2.24, 2.45) is 0 Å². The summed E-state index contributed by atoms with van der Waals surface area (Å²) in [6.45, 7) is 5.28. The van der Waals surface area contributed by atoms with Crippen molar-refractivity contribution in [2.45, 2.75) is 19.9 Å². The van der Waals surface area contributed by atoms with Crippen molar-refractivity contribution in [3.63, 3.8) is 0 Å². The monoisotopic (exact) mass is 384 g/mol. The Labute approximate surface area is 173 Å². The molecular formula is C26H28N2O. The minimum absolute atomic E-state index is 0.0398. The van der Waals surface area contributed by atoms with Gasteiger partial charge in [0.2, 0.25) is 0 Å². The molecule has 0 radical (unpaired) electrons. The molecule has 148 valence electrons. The van der Waals surface area contributed by atoms with E-state index in [2.05, 4.69) is 37.9 Å². The first-order chi connectivity index (χ1) is 14.0. The molecule has 3 nitrogen and oxygen atoms in total. The van der Waals surface area contributed by atoms with Gasteiger partial charge in [0.25, 0.3) is 5.56 Å². The quantitative estimate of drug-likeness (QED) is 0.548. The fourth-order valence-corrected chi connectivity index (χ4v) is 2.88. The van der Waals surface area contributed by atoms with E-state index >= 15 is 0 Å². The van der Waals surface area contributed by atoms with Crippen LogP contribution in [0.1, 0.15) is 30.5 Å². The van der Waals surface area contributed by atoms with Crippen LogP contribution >= 0.6 is 0 Å². The average molecular weight is 385 g/mol. The van der Waals surface area contributed by atoms with E-state index in [9.17, 15) is 4.79 Å². The first-order valence-electron chi connectivity index (χ1n) is 9.96. The van der Waals surface area contributed by atoms with E-state index in [0.717, 1.165) is 28.9 Å². The lowest BCUT2D eigenvalue weighted by molar-refractivity contribution is 0.303. The Morgan fingerprint density at radius 1 is 0.862 bits per heavy atom. The van der Waals surface area contributed by atoms with E-state index in [4.69, 9.17) is 0 Å². The zero-order chi connectivity index (χ0) is 20.6. The summed E-state index contributed by atoms with van der Waals surface area (Å²) in [5, 5.41) is 0. The molecule has 1 heterocycles. The number of nitrogens with zero attached hydrogens (tertiary/aromatic N) is 2. The fraction of sp³-hybridized carbons (Fsp3) is 0.192. The summed E-state index contributed by atoms with van der Waals surface area (Å²) >= 11 is 0. The minimum Gasteiger partial charge on any atom is -0.300 e. The third kappa shape index (κ3) is 5.90. The van der Waals surface area contributed by atoms with E-state index in [1.165, 1.54) is 0 Å². The maximum Gasteiger partial charge on any atom is 0.255 e. The molecular weight excluding hydrogens is 356 g/mol. The maximum atomic E-state index is 12.6. The van der Waals surface area contributed by atoms with E-state index in [1.54, 1.807) is 10.6 Å². The predicted molar refractivity (Wildman–Crippen MR) is 124 cm³/mol. The molecule has 0 saturated carbocycles. The summed E-state index contributed by atoms with van der Waals surface area (Å²) in [6, 6.07) is 22.2. The molecule has 0 fully saturated rings. The molecule has 0 spiro atoms. The molecule has 1 aromatic heterocycles. The SMILES string of the molecule is CC(C)N(C)C/C=C/c1ccc(-n2ccc(/C=C/c3ccccc3)cc2=O)cc1. The lowest BCUT2D eigenvalue weighted by Crippen LogP contribution is -2.26. The number of pyridine rings is 1. The molecule has 3 aromatic rings. The maximum absolute atomic E-state index is 12.6. The fourth-order valence-electron chi connectivity index (χ4n) is 2.88. The van der Waals surface area contributed by atoms with Crippen LogP contribution < -0.4 is 5.56 Å². The van der Waals surface area contributed by atoms with Crippen LogP contribution in [0, 0.1) is 0 Å². The van der Waals surface area contributed by atoms with Crippen molar-refractivity contribution < 1.29 is 0 Å². The highest BCUT2D eigenvalue weighted by molar-refractivity contribution is 5.69. The van der Waals surface area contributed by atoms with Crippen molar-refractivity contribution >= 4 is 18.2 Å². The molecule has 3 rings (SSSR count). The van der Waals surface area contributed by atoms with Crippen LogP contribution in [0.3, 0.4) is 0 Å². The highest BCUT2D eigenvalue weighted by Crippen LogP contribution is 2.11. The molecule has 0 aliphatic rings. The van der Waals surface area contributed by atoms with Gasteiger partial charge in [0.1, 0.15) is 0 Å². The van der Waals surface area contributed by atoms with Crippen LogP contribution in [0.15, 0.2) is 83.8 Å². The lowest BCUT2D eigenvalue weighted by Gasteiger charge is -2.18. The zero-order valence-corrected chi connectivity index (χ0v) is 17.3. The standard InChI is InChI=1S/C26H28N2O/c1-21(2)27(3)18-7-10-23-13-15-25(16-14-23)28-19-17-24(20-26(28)29)12-11-22-8-5-4-6-9-22/h4-17,19-21H,18H2,1-3H3/b10-7+,12-11+. The van der Waals surface area contributed by atoms with Gasteiger partial charge < -0.3 is 4.90 Å². The Hall–Kier alpha value is -3.17. The van der Waals surface area contributed by atoms with Gasteiger partial charge in [-0.2, -0.15) is 0 Å². The van der Waals surface area contributed by atoms with Crippen molar-refractivity contribution in [3.05, 3.63) is 106 Å². The Bertz CT molecular complexity index is 1030. The molecule has 0 atom stereocenters. The molecule has 2 aromatic carbocycles. The molecule has 0 unspecified atom stereocenters. The zero-order valence-electron chi connectivity index (χ0n) is 17.3. The number of hydrogen-bond donors (Lipinski definition) is 0. The minimum atomic E-state index is -0.0398. The predicted octanol–water partition coefficient (Wildman–Crippen LogP) is 5.36. The molecule has 0 saturated heterocycles. The normalized spacial score (nSPS) is 11.9. The average Bonchev–Trinajstić information content (AvgIpc) is 2.73. The van der Waals surface area contributed by atoms with Gasteiger partial charge in [0.15, 0.2) is 0 Å². The molecule has 0 bridgehead atoms. The van der Waals surface area contributed by atoms with Gasteiger partial charge in [-0.1, -0.05) is 66.8 Å². The van der Waals surface area contributed by atoms with Crippen LogP contribution in [-0.2, 0) is 0 Å². The Morgan fingerprint density at radius 3 is 2.17 bits per heavy atom. The number of benzene rings is 2. The van der Waals surface area contributed by atoms with Crippen LogP contribution in [0.4, 0.5) is 0 Å². The summed E-state index contributed by atoms with van der Waals surface area (Å²) in [5.41, 5.74) is 3.96. The van der Waals surface area contributed by atoms with E-state index in [1.807, 2.05) is 79.0 Å². The van der Waals surface area contributed by atoms with E-state index < -0.39 is 0 Å².